The first-order valence-corrected chi connectivity index (χ1v) is 12.2. The molecule has 1 aliphatic carbocycles. The van der Waals surface area contributed by atoms with Gasteiger partial charge in [0.2, 0.25) is 0 Å². The number of fused-ring (bicyclic) bond motifs is 3. The van der Waals surface area contributed by atoms with E-state index >= 15 is 0 Å². The number of hydrogen-bond donors (Lipinski definition) is 2. The highest BCUT2D eigenvalue weighted by Gasteiger charge is 2.37. The highest BCUT2D eigenvalue weighted by Crippen LogP contribution is 2.36. The van der Waals surface area contributed by atoms with Gasteiger partial charge in [0.15, 0.2) is 0 Å². The Kier molecular flexibility index (Phi) is 5.21. The van der Waals surface area contributed by atoms with Crippen LogP contribution in [0.2, 0.25) is 0 Å². The molecule has 0 unspecified atom stereocenters. The number of hydrogen-bond acceptors (Lipinski definition) is 5. The summed E-state index contributed by atoms with van der Waals surface area (Å²) in [6, 6.07) is 12.3. The van der Waals surface area contributed by atoms with Crippen LogP contribution in [0.1, 0.15) is 41.3 Å². The molecular formula is C26H35N5. The second kappa shape index (κ2) is 8.19. The fourth-order valence-corrected chi connectivity index (χ4v) is 6.56. The molecule has 4 atom stereocenters. The number of benzene rings is 1. The highest BCUT2D eigenvalue weighted by atomic mass is 15.2. The Morgan fingerprint density at radius 3 is 2.81 bits per heavy atom. The van der Waals surface area contributed by atoms with Crippen molar-refractivity contribution < 1.29 is 0 Å². The number of rotatable bonds is 4. The summed E-state index contributed by atoms with van der Waals surface area (Å²) in [4.78, 5) is 10.0. The Bertz CT molecular complexity index is 931. The lowest BCUT2D eigenvalue weighted by Gasteiger charge is -2.37. The average molecular weight is 418 g/mol. The van der Waals surface area contributed by atoms with E-state index in [4.69, 9.17) is 4.98 Å². The number of aryl methyl sites for hydroxylation is 1. The standard InChI is InChI=1S/C26H35N5/c1-30(25-9-2-5-18-7-4-10-28-26(18)25)17-22-11-23-19(14-29-22)6-3-8-24(23)31-15-20-12-27-13-21(20)16-31/h3-4,6-8,10,20-22,25,27,29H,2,5,9,11-17H2,1H3/t20-,21-,22+,25-/m0/s1. The lowest BCUT2D eigenvalue weighted by Crippen LogP contribution is -2.45. The molecule has 4 heterocycles. The van der Waals surface area contributed by atoms with Gasteiger partial charge in [-0.3, -0.25) is 9.88 Å². The smallest absolute Gasteiger partial charge is 0.0607 e. The summed E-state index contributed by atoms with van der Waals surface area (Å²) in [6.07, 6.45) is 6.76. The van der Waals surface area contributed by atoms with E-state index < -0.39 is 0 Å². The van der Waals surface area contributed by atoms with Crippen molar-refractivity contribution in [3.05, 3.63) is 58.9 Å². The number of likely N-dealkylation sites (N-methyl/N-ethyl adjacent to an activating group) is 1. The van der Waals surface area contributed by atoms with Crippen molar-refractivity contribution in [3.8, 4) is 0 Å². The molecule has 0 bridgehead atoms. The van der Waals surface area contributed by atoms with Gasteiger partial charge < -0.3 is 15.5 Å². The monoisotopic (exact) mass is 417 g/mol. The minimum absolute atomic E-state index is 0.453. The second-order valence-electron chi connectivity index (χ2n) is 10.2. The van der Waals surface area contributed by atoms with Gasteiger partial charge in [-0.15, -0.1) is 0 Å². The maximum Gasteiger partial charge on any atom is 0.0607 e. The molecule has 0 amide bonds. The van der Waals surface area contributed by atoms with Crippen LogP contribution in [0.25, 0.3) is 0 Å². The third-order valence-corrected chi connectivity index (χ3v) is 8.22. The van der Waals surface area contributed by atoms with Crippen LogP contribution in [0, 0.1) is 11.8 Å². The topological polar surface area (TPSA) is 43.4 Å². The third-order valence-electron chi connectivity index (χ3n) is 8.22. The Hall–Kier alpha value is -1.95. The molecule has 2 fully saturated rings. The normalized spacial score (nSPS) is 29.7. The molecule has 1 aromatic carbocycles. The zero-order chi connectivity index (χ0) is 20.8. The Labute approximate surface area is 186 Å². The van der Waals surface area contributed by atoms with E-state index in [1.54, 1.807) is 5.56 Å². The molecule has 2 saturated heterocycles. The molecule has 4 aliphatic rings. The van der Waals surface area contributed by atoms with Crippen molar-refractivity contribution in [3.63, 3.8) is 0 Å². The fraction of sp³-hybridized carbons (Fsp3) is 0.577. The first-order valence-electron chi connectivity index (χ1n) is 12.2. The summed E-state index contributed by atoms with van der Waals surface area (Å²) in [5.41, 5.74) is 7.35. The van der Waals surface area contributed by atoms with Gasteiger partial charge in [0.1, 0.15) is 0 Å². The van der Waals surface area contributed by atoms with Crippen LogP contribution in [0.3, 0.4) is 0 Å². The molecule has 0 spiro atoms. The maximum atomic E-state index is 4.77. The molecule has 0 saturated carbocycles. The molecule has 6 rings (SSSR count). The largest absolute Gasteiger partial charge is 0.371 e. The second-order valence-corrected chi connectivity index (χ2v) is 10.2. The van der Waals surface area contributed by atoms with Crippen LogP contribution in [0.5, 0.6) is 0 Å². The van der Waals surface area contributed by atoms with Gasteiger partial charge in [0, 0.05) is 57.2 Å². The summed E-state index contributed by atoms with van der Waals surface area (Å²) >= 11 is 0. The zero-order valence-corrected chi connectivity index (χ0v) is 18.7. The molecule has 1 aromatic heterocycles. The predicted octanol–water partition coefficient (Wildman–Crippen LogP) is 2.76. The Balaban J connectivity index is 1.18. The first-order chi connectivity index (χ1) is 15.3. The average Bonchev–Trinajstić information content (AvgIpc) is 3.41. The molecule has 5 nitrogen and oxygen atoms in total. The van der Waals surface area contributed by atoms with Gasteiger partial charge in [-0.2, -0.15) is 0 Å². The van der Waals surface area contributed by atoms with E-state index in [2.05, 4.69) is 57.8 Å². The van der Waals surface area contributed by atoms with E-state index in [1.807, 2.05) is 6.20 Å². The van der Waals surface area contributed by atoms with Gasteiger partial charge >= 0.3 is 0 Å². The van der Waals surface area contributed by atoms with Crippen molar-refractivity contribution in [1.29, 1.82) is 0 Å². The predicted molar refractivity (Wildman–Crippen MR) is 125 cm³/mol. The van der Waals surface area contributed by atoms with Gasteiger partial charge in [0.05, 0.1) is 11.7 Å². The van der Waals surface area contributed by atoms with Crippen molar-refractivity contribution in [1.82, 2.24) is 20.5 Å². The molecule has 5 heteroatoms. The molecular weight excluding hydrogens is 382 g/mol. The number of nitrogens with zero attached hydrogens (tertiary/aromatic N) is 3. The van der Waals surface area contributed by atoms with Crippen molar-refractivity contribution in [2.75, 3.05) is 44.7 Å². The Morgan fingerprint density at radius 2 is 1.94 bits per heavy atom. The quantitative estimate of drug-likeness (QED) is 0.801. The molecule has 2 N–H and O–H groups in total. The van der Waals surface area contributed by atoms with Crippen LogP contribution in [0.15, 0.2) is 36.5 Å². The van der Waals surface area contributed by atoms with Crippen molar-refractivity contribution >= 4 is 5.69 Å². The fourth-order valence-electron chi connectivity index (χ4n) is 6.56. The maximum absolute atomic E-state index is 4.77. The lowest BCUT2D eigenvalue weighted by atomic mass is 9.89. The minimum atomic E-state index is 0.453. The number of anilines is 1. The molecule has 164 valence electrons. The summed E-state index contributed by atoms with van der Waals surface area (Å²) in [5.74, 6) is 1.66. The van der Waals surface area contributed by atoms with Crippen LogP contribution in [-0.2, 0) is 19.4 Å². The van der Waals surface area contributed by atoms with Crippen LogP contribution >= 0.6 is 0 Å². The minimum Gasteiger partial charge on any atom is -0.371 e. The zero-order valence-electron chi connectivity index (χ0n) is 18.7. The van der Waals surface area contributed by atoms with Gasteiger partial charge in [0.25, 0.3) is 0 Å². The molecule has 2 aromatic rings. The van der Waals surface area contributed by atoms with E-state index in [0.717, 1.165) is 31.3 Å². The summed E-state index contributed by atoms with van der Waals surface area (Å²) in [6.45, 7) is 6.89. The summed E-state index contributed by atoms with van der Waals surface area (Å²) in [5, 5.41) is 7.41. The van der Waals surface area contributed by atoms with Gasteiger partial charge in [-0.25, -0.2) is 0 Å². The Morgan fingerprint density at radius 1 is 1.10 bits per heavy atom. The molecule has 0 radical (unpaired) electrons. The number of aromatic nitrogens is 1. The summed E-state index contributed by atoms with van der Waals surface area (Å²) < 4.78 is 0. The van der Waals surface area contributed by atoms with E-state index in [1.165, 1.54) is 67.9 Å². The SMILES string of the molecule is CN(C[C@H]1Cc2c(cccc2N2C[C@@H]3CNC[C@H]3C2)CN1)[C@H]1CCCc2cccnc21. The molecule has 3 aliphatic heterocycles. The number of nitrogens with one attached hydrogen (secondary N) is 2. The van der Waals surface area contributed by atoms with Gasteiger partial charge in [-0.1, -0.05) is 18.2 Å². The molecule has 31 heavy (non-hydrogen) atoms. The highest BCUT2D eigenvalue weighted by molar-refractivity contribution is 5.59. The summed E-state index contributed by atoms with van der Waals surface area (Å²) in [7, 11) is 2.30. The van der Waals surface area contributed by atoms with E-state index in [0.29, 0.717) is 12.1 Å². The first kappa shape index (κ1) is 19.7. The van der Waals surface area contributed by atoms with Crippen molar-refractivity contribution in [2.45, 2.75) is 44.3 Å². The van der Waals surface area contributed by atoms with Gasteiger partial charge in [-0.05, 0) is 73.4 Å². The van der Waals surface area contributed by atoms with E-state index in [-0.39, 0.29) is 0 Å². The van der Waals surface area contributed by atoms with Crippen LogP contribution < -0.4 is 15.5 Å². The lowest BCUT2D eigenvalue weighted by molar-refractivity contribution is 0.191. The van der Waals surface area contributed by atoms with Crippen LogP contribution in [-0.4, -0.2) is 55.7 Å². The number of pyridine rings is 1. The van der Waals surface area contributed by atoms with Crippen LogP contribution in [0.4, 0.5) is 5.69 Å². The van der Waals surface area contributed by atoms with E-state index in [9.17, 15) is 0 Å². The van der Waals surface area contributed by atoms with Crippen molar-refractivity contribution in [2.24, 2.45) is 11.8 Å². The third kappa shape index (κ3) is 3.67.